The summed E-state index contributed by atoms with van der Waals surface area (Å²) >= 11 is 0. The van der Waals surface area contributed by atoms with Gasteiger partial charge in [-0.2, -0.15) is 0 Å². The molecule has 6 nitrogen and oxygen atoms in total. The largest absolute Gasteiger partial charge is 0.368 e. The van der Waals surface area contributed by atoms with Crippen LogP contribution in [0.25, 0.3) is 0 Å². The second kappa shape index (κ2) is 3.75. The highest BCUT2D eigenvalue weighted by molar-refractivity contribution is 6.01. The minimum atomic E-state index is -0.611. The summed E-state index contributed by atoms with van der Waals surface area (Å²) in [5, 5.41) is 2.18. The summed E-state index contributed by atoms with van der Waals surface area (Å²) in [5.41, 5.74) is 5.10. The van der Waals surface area contributed by atoms with E-state index in [0.717, 1.165) is 0 Å². The van der Waals surface area contributed by atoms with Crippen LogP contribution >= 0.6 is 0 Å². The van der Waals surface area contributed by atoms with Gasteiger partial charge in [-0.3, -0.25) is 24.6 Å². The van der Waals surface area contributed by atoms with Gasteiger partial charge in [-0.15, -0.1) is 0 Å². The highest BCUT2D eigenvalue weighted by Gasteiger charge is 2.34. The average Bonchev–Trinajstić information content (AvgIpc) is 2.09. The fourth-order valence-corrected chi connectivity index (χ4v) is 1.37. The van der Waals surface area contributed by atoms with Gasteiger partial charge in [0.2, 0.25) is 17.7 Å². The van der Waals surface area contributed by atoms with Crippen molar-refractivity contribution in [3.8, 4) is 0 Å². The second-order valence-electron chi connectivity index (χ2n) is 3.34. The number of carbonyl (C=O) groups is 3. The molecular formula is C8H13N3O3. The number of nitrogens with one attached hydrogen (secondary N) is 1. The number of piperazine rings is 1. The summed E-state index contributed by atoms with van der Waals surface area (Å²) in [4.78, 5) is 34.6. The van der Waals surface area contributed by atoms with Gasteiger partial charge in [0, 0.05) is 0 Å². The Kier molecular flexibility index (Phi) is 2.85. The second-order valence-corrected chi connectivity index (χ2v) is 3.34. The van der Waals surface area contributed by atoms with E-state index < -0.39 is 29.8 Å². The molecule has 3 amide bonds. The van der Waals surface area contributed by atoms with E-state index in [9.17, 15) is 14.4 Å². The third kappa shape index (κ3) is 1.90. The minimum Gasteiger partial charge on any atom is -0.368 e. The number of nitrogens with two attached hydrogens (primary N) is 1. The van der Waals surface area contributed by atoms with Crippen molar-refractivity contribution in [1.82, 2.24) is 10.2 Å². The molecule has 1 rings (SSSR count). The third-order valence-corrected chi connectivity index (χ3v) is 2.37. The fraction of sp³-hybridized carbons (Fsp3) is 0.625. The number of imide groups is 1. The van der Waals surface area contributed by atoms with Crippen molar-refractivity contribution in [2.24, 2.45) is 5.73 Å². The van der Waals surface area contributed by atoms with Crippen molar-refractivity contribution in [1.29, 1.82) is 0 Å². The third-order valence-electron chi connectivity index (χ3n) is 2.37. The van der Waals surface area contributed by atoms with Crippen LogP contribution in [0.4, 0.5) is 0 Å². The molecule has 1 fully saturated rings. The number of nitrogens with zero attached hydrogens (tertiary/aromatic N) is 1. The normalized spacial score (nSPS) is 25.7. The molecule has 1 aliphatic heterocycles. The number of rotatable bonds is 2. The van der Waals surface area contributed by atoms with Crippen molar-refractivity contribution >= 4 is 17.7 Å². The van der Waals surface area contributed by atoms with Crippen molar-refractivity contribution in [2.45, 2.75) is 25.9 Å². The van der Waals surface area contributed by atoms with E-state index in [1.165, 1.54) is 4.90 Å². The minimum absolute atomic E-state index is 0.0248. The molecule has 0 aromatic carbocycles. The van der Waals surface area contributed by atoms with Crippen LogP contribution in [0.1, 0.15) is 13.8 Å². The molecule has 0 aromatic heterocycles. The molecule has 14 heavy (non-hydrogen) atoms. The van der Waals surface area contributed by atoms with Crippen LogP contribution in [0.2, 0.25) is 0 Å². The van der Waals surface area contributed by atoms with E-state index in [1.54, 1.807) is 13.8 Å². The number of amides is 3. The molecule has 0 bridgehead atoms. The van der Waals surface area contributed by atoms with E-state index in [-0.39, 0.29) is 6.54 Å². The molecule has 0 aliphatic carbocycles. The lowest BCUT2D eigenvalue weighted by molar-refractivity contribution is -0.142. The average molecular weight is 199 g/mol. The maximum Gasteiger partial charge on any atom is 0.243 e. The monoisotopic (exact) mass is 199 g/mol. The van der Waals surface area contributed by atoms with E-state index in [2.05, 4.69) is 5.32 Å². The van der Waals surface area contributed by atoms with Gasteiger partial charge in [-0.1, -0.05) is 0 Å². The van der Waals surface area contributed by atoms with Gasteiger partial charge in [-0.05, 0) is 13.8 Å². The van der Waals surface area contributed by atoms with Crippen molar-refractivity contribution < 1.29 is 14.4 Å². The fourth-order valence-electron chi connectivity index (χ4n) is 1.37. The Morgan fingerprint density at radius 1 is 1.64 bits per heavy atom. The molecule has 1 heterocycles. The first-order chi connectivity index (χ1) is 6.43. The quantitative estimate of drug-likeness (QED) is 0.513. The maximum atomic E-state index is 11.2. The zero-order valence-corrected chi connectivity index (χ0v) is 8.11. The van der Waals surface area contributed by atoms with E-state index in [4.69, 9.17) is 5.73 Å². The lowest BCUT2D eigenvalue weighted by Gasteiger charge is -2.34. The molecule has 1 aliphatic rings. The molecule has 1 saturated heterocycles. The van der Waals surface area contributed by atoms with Crippen LogP contribution < -0.4 is 11.1 Å². The van der Waals surface area contributed by atoms with Gasteiger partial charge >= 0.3 is 0 Å². The van der Waals surface area contributed by atoms with E-state index >= 15 is 0 Å². The molecule has 2 atom stereocenters. The summed E-state index contributed by atoms with van der Waals surface area (Å²) < 4.78 is 0. The van der Waals surface area contributed by atoms with Gasteiger partial charge < -0.3 is 5.73 Å². The molecule has 0 saturated carbocycles. The number of hydrogen-bond acceptors (Lipinski definition) is 4. The Balaban J connectivity index is 2.81. The lowest BCUT2D eigenvalue weighted by atomic mass is 10.1. The molecule has 78 valence electrons. The Labute approximate surface area is 81.4 Å². The van der Waals surface area contributed by atoms with Gasteiger partial charge in [0.25, 0.3) is 0 Å². The highest BCUT2D eigenvalue weighted by Crippen LogP contribution is 2.08. The Morgan fingerprint density at radius 3 is 2.71 bits per heavy atom. The van der Waals surface area contributed by atoms with Crippen LogP contribution in [0, 0.1) is 0 Å². The molecule has 3 N–H and O–H groups in total. The Hall–Kier alpha value is -1.43. The van der Waals surface area contributed by atoms with Crippen molar-refractivity contribution in [3.05, 3.63) is 0 Å². The van der Waals surface area contributed by atoms with Gasteiger partial charge in [0.05, 0.1) is 18.6 Å². The van der Waals surface area contributed by atoms with E-state index in [1.807, 2.05) is 0 Å². The molecule has 2 unspecified atom stereocenters. The zero-order chi connectivity index (χ0) is 10.9. The van der Waals surface area contributed by atoms with Crippen LogP contribution in [-0.4, -0.2) is 41.2 Å². The first-order valence-corrected chi connectivity index (χ1v) is 4.32. The molecular weight excluding hydrogens is 186 g/mol. The lowest BCUT2D eigenvalue weighted by Crippen LogP contribution is -2.61. The summed E-state index contributed by atoms with van der Waals surface area (Å²) in [7, 11) is 0. The van der Waals surface area contributed by atoms with Crippen LogP contribution in [-0.2, 0) is 14.4 Å². The maximum absolute atomic E-state index is 11.2. The SMILES string of the molecule is CC(C(N)=O)N1CC(=O)NC(=O)C1C. The molecule has 0 radical (unpaired) electrons. The van der Waals surface area contributed by atoms with Crippen LogP contribution in [0.3, 0.4) is 0 Å². The number of primary amides is 1. The predicted molar refractivity (Wildman–Crippen MR) is 48.0 cm³/mol. The summed E-state index contributed by atoms with van der Waals surface area (Å²) in [6, 6.07) is -1.12. The van der Waals surface area contributed by atoms with Crippen LogP contribution in [0.5, 0.6) is 0 Å². The van der Waals surface area contributed by atoms with Gasteiger partial charge in [0.1, 0.15) is 0 Å². The van der Waals surface area contributed by atoms with Crippen LogP contribution in [0.15, 0.2) is 0 Å². The standard InChI is InChI=1S/C8H13N3O3/c1-4(7(9)13)11-3-6(12)10-8(14)5(11)2/h4-5H,3H2,1-2H3,(H2,9,13)(H,10,12,14). The molecule has 0 spiro atoms. The van der Waals surface area contributed by atoms with Crippen molar-refractivity contribution in [3.63, 3.8) is 0 Å². The first kappa shape index (κ1) is 10.6. The molecule has 6 heteroatoms. The Morgan fingerprint density at radius 2 is 2.21 bits per heavy atom. The Bertz CT molecular complexity index is 286. The zero-order valence-electron chi connectivity index (χ0n) is 8.11. The topological polar surface area (TPSA) is 92.5 Å². The van der Waals surface area contributed by atoms with Gasteiger partial charge in [-0.25, -0.2) is 0 Å². The summed E-state index contributed by atoms with van der Waals surface area (Å²) in [6.45, 7) is 3.23. The highest BCUT2D eigenvalue weighted by atomic mass is 16.2. The first-order valence-electron chi connectivity index (χ1n) is 4.32. The van der Waals surface area contributed by atoms with Gasteiger partial charge in [0.15, 0.2) is 0 Å². The summed E-state index contributed by atoms with van der Waals surface area (Å²) in [6.07, 6.45) is 0. The molecule has 0 aromatic rings. The van der Waals surface area contributed by atoms with Crippen molar-refractivity contribution in [2.75, 3.05) is 6.54 Å². The van der Waals surface area contributed by atoms with E-state index in [0.29, 0.717) is 0 Å². The number of hydrogen-bond donors (Lipinski definition) is 2. The predicted octanol–water partition coefficient (Wildman–Crippen LogP) is -1.79. The summed E-state index contributed by atoms with van der Waals surface area (Å²) in [5.74, 6) is -1.34. The number of carbonyl (C=O) groups excluding carboxylic acids is 3. The smallest absolute Gasteiger partial charge is 0.243 e.